The van der Waals surface area contributed by atoms with E-state index in [0.29, 0.717) is 16.7 Å². The second kappa shape index (κ2) is 7.31. The van der Waals surface area contributed by atoms with Crippen LogP contribution in [0.5, 0.6) is 0 Å². The van der Waals surface area contributed by atoms with Gasteiger partial charge in [-0.1, -0.05) is 31.2 Å². The second-order valence-corrected chi connectivity index (χ2v) is 6.38. The number of azo groups is 1. The highest BCUT2D eigenvalue weighted by Crippen LogP contribution is 2.27. The molecule has 4 aromatic rings. The number of H-pyrrole nitrogens is 1. The predicted octanol–water partition coefficient (Wildman–Crippen LogP) is 6.05. The van der Waals surface area contributed by atoms with E-state index in [9.17, 15) is 0 Å². The summed E-state index contributed by atoms with van der Waals surface area (Å²) in [6.07, 6.45) is 1.77. The summed E-state index contributed by atoms with van der Waals surface area (Å²) in [6.45, 7) is 1.86. The van der Waals surface area contributed by atoms with E-state index in [1.54, 1.807) is 16.9 Å². The number of aryl methyl sites for hydroxylation is 1. The number of aromatic nitrogens is 4. The number of para-hydroxylation sites is 2. The molecular formula is C18H17ClN6S. The van der Waals surface area contributed by atoms with Crippen molar-refractivity contribution in [2.75, 3.05) is 0 Å². The Balaban J connectivity index is 0.00000196. The quantitative estimate of drug-likeness (QED) is 0.333. The molecule has 0 saturated carbocycles. The molecule has 0 saturated heterocycles. The first-order valence-corrected chi connectivity index (χ1v) is 8.34. The molecule has 0 radical (unpaired) electrons. The fourth-order valence-electron chi connectivity index (χ4n) is 2.44. The zero-order chi connectivity index (χ0) is 17.4. The molecule has 0 amide bonds. The van der Waals surface area contributed by atoms with E-state index >= 15 is 0 Å². The summed E-state index contributed by atoms with van der Waals surface area (Å²) in [5, 5.41) is 13.5. The third kappa shape index (κ3) is 3.49. The number of aromatic amines is 1. The van der Waals surface area contributed by atoms with Crippen molar-refractivity contribution in [2.24, 2.45) is 10.2 Å². The maximum atomic E-state index is 6.25. The van der Waals surface area contributed by atoms with Gasteiger partial charge in [0.1, 0.15) is 5.69 Å². The van der Waals surface area contributed by atoms with Gasteiger partial charge in [-0.05, 0) is 37.3 Å². The normalized spacial score (nSPS) is 11.2. The SMILES string of the molecule is C.Cc1nn(-c2cc(S)ccc2Cl)cc1N=Nc1nc2ccccc2[nH]1. The topological polar surface area (TPSA) is 71.2 Å². The summed E-state index contributed by atoms with van der Waals surface area (Å²) < 4.78 is 1.67. The van der Waals surface area contributed by atoms with Gasteiger partial charge in [0.25, 0.3) is 0 Å². The molecule has 0 aliphatic carbocycles. The number of halogens is 1. The van der Waals surface area contributed by atoms with E-state index in [-0.39, 0.29) is 7.43 Å². The summed E-state index contributed by atoms with van der Waals surface area (Å²) in [6, 6.07) is 13.2. The van der Waals surface area contributed by atoms with Crippen molar-refractivity contribution < 1.29 is 0 Å². The first-order valence-electron chi connectivity index (χ1n) is 7.52. The number of hydrogen-bond donors (Lipinski definition) is 2. The van der Waals surface area contributed by atoms with Gasteiger partial charge in [-0.25, -0.2) is 9.67 Å². The highest BCUT2D eigenvalue weighted by molar-refractivity contribution is 7.80. The standard InChI is InChI=1S/C17H13ClN6S.CH4/c1-10-15(9-24(23-10)16-8-11(25)6-7-12(16)18)21-22-17-19-13-4-2-3-5-14(13)20-17;/h2-9,25H,1H3,(H,19,20);1H4. The Hall–Kier alpha value is -2.64. The number of nitrogens with one attached hydrogen (secondary N) is 1. The lowest BCUT2D eigenvalue weighted by atomic mass is 10.3. The third-order valence-electron chi connectivity index (χ3n) is 3.68. The van der Waals surface area contributed by atoms with Crippen molar-refractivity contribution in [3.05, 3.63) is 59.4 Å². The van der Waals surface area contributed by atoms with Gasteiger partial charge in [-0.2, -0.15) is 5.10 Å². The van der Waals surface area contributed by atoms with Crippen LogP contribution in [0.4, 0.5) is 11.6 Å². The fourth-order valence-corrected chi connectivity index (χ4v) is 2.84. The molecule has 26 heavy (non-hydrogen) atoms. The van der Waals surface area contributed by atoms with Gasteiger partial charge in [-0.15, -0.1) is 22.9 Å². The molecular weight excluding hydrogens is 368 g/mol. The minimum Gasteiger partial charge on any atom is -0.321 e. The average Bonchev–Trinajstić information content (AvgIpc) is 3.18. The number of thiol groups is 1. The van der Waals surface area contributed by atoms with Crippen LogP contribution in [0, 0.1) is 6.92 Å². The zero-order valence-electron chi connectivity index (χ0n) is 13.2. The van der Waals surface area contributed by atoms with Gasteiger partial charge in [0.2, 0.25) is 5.95 Å². The first kappa shape index (κ1) is 18.2. The number of rotatable bonds is 3. The molecule has 1 N–H and O–H groups in total. The summed E-state index contributed by atoms with van der Waals surface area (Å²) in [5.41, 5.74) is 3.88. The number of fused-ring (bicyclic) bond motifs is 1. The lowest BCUT2D eigenvalue weighted by Gasteiger charge is -2.04. The van der Waals surface area contributed by atoms with Crippen molar-refractivity contribution in [1.82, 2.24) is 19.7 Å². The Morgan fingerprint density at radius 1 is 1.15 bits per heavy atom. The van der Waals surface area contributed by atoms with Gasteiger partial charge in [0.05, 0.1) is 33.6 Å². The van der Waals surface area contributed by atoms with Gasteiger partial charge in [-0.3, -0.25) is 0 Å². The molecule has 2 heterocycles. The van der Waals surface area contributed by atoms with Gasteiger partial charge < -0.3 is 4.98 Å². The van der Waals surface area contributed by atoms with Crippen molar-refractivity contribution in [3.63, 3.8) is 0 Å². The van der Waals surface area contributed by atoms with Crippen molar-refractivity contribution >= 4 is 46.9 Å². The molecule has 2 aromatic heterocycles. The summed E-state index contributed by atoms with van der Waals surface area (Å²) in [7, 11) is 0. The van der Waals surface area contributed by atoms with Crippen LogP contribution in [0.1, 0.15) is 13.1 Å². The number of hydrogen-bond acceptors (Lipinski definition) is 5. The molecule has 6 nitrogen and oxygen atoms in total. The number of benzene rings is 2. The molecule has 0 spiro atoms. The van der Waals surface area contributed by atoms with E-state index in [1.807, 2.05) is 43.3 Å². The zero-order valence-corrected chi connectivity index (χ0v) is 14.8. The highest BCUT2D eigenvalue weighted by Gasteiger charge is 2.10. The van der Waals surface area contributed by atoms with Gasteiger partial charge in [0.15, 0.2) is 0 Å². The van der Waals surface area contributed by atoms with Crippen LogP contribution in [-0.2, 0) is 0 Å². The Kier molecular flexibility index (Phi) is 5.11. The fraction of sp³-hybridized carbons (Fsp3) is 0.111. The van der Waals surface area contributed by atoms with Crippen LogP contribution < -0.4 is 0 Å². The van der Waals surface area contributed by atoms with Crippen LogP contribution in [0.2, 0.25) is 5.02 Å². The van der Waals surface area contributed by atoms with Crippen molar-refractivity contribution in [1.29, 1.82) is 0 Å². The molecule has 0 atom stereocenters. The Bertz CT molecular complexity index is 1070. The van der Waals surface area contributed by atoms with Crippen LogP contribution >= 0.6 is 24.2 Å². The molecule has 0 fully saturated rings. The number of imidazole rings is 1. The van der Waals surface area contributed by atoms with Crippen LogP contribution in [-0.4, -0.2) is 19.7 Å². The maximum Gasteiger partial charge on any atom is 0.247 e. The van der Waals surface area contributed by atoms with Crippen molar-refractivity contribution in [3.8, 4) is 5.69 Å². The molecule has 132 valence electrons. The van der Waals surface area contributed by atoms with E-state index < -0.39 is 0 Å². The summed E-state index contributed by atoms with van der Waals surface area (Å²) in [5.74, 6) is 0.448. The molecule has 0 unspecified atom stereocenters. The van der Waals surface area contributed by atoms with Gasteiger partial charge >= 0.3 is 0 Å². The summed E-state index contributed by atoms with van der Waals surface area (Å²) in [4.78, 5) is 8.29. The molecule has 0 aliphatic heterocycles. The Labute approximate surface area is 161 Å². The van der Waals surface area contributed by atoms with E-state index in [2.05, 4.69) is 37.9 Å². The number of nitrogens with zero attached hydrogens (tertiary/aromatic N) is 5. The monoisotopic (exact) mass is 384 g/mol. The Morgan fingerprint density at radius 3 is 2.77 bits per heavy atom. The van der Waals surface area contributed by atoms with E-state index in [0.717, 1.165) is 27.3 Å². The highest BCUT2D eigenvalue weighted by atomic mass is 35.5. The molecule has 4 rings (SSSR count). The van der Waals surface area contributed by atoms with Crippen LogP contribution in [0.25, 0.3) is 16.7 Å². The minimum atomic E-state index is 0. The maximum absolute atomic E-state index is 6.25. The summed E-state index contributed by atoms with van der Waals surface area (Å²) >= 11 is 10.6. The lowest BCUT2D eigenvalue weighted by molar-refractivity contribution is 0.860. The van der Waals surface area contributed by atoms with Gasteiger partial charge in [0, 0.05) is 4.90 Å². The first-order chi connectivity index (χ1) is 12.1. The second-order valence-electron chi connectivity index (χ2n) is 5.46. The molecule has 0 bridgehead atoms. The predicted molar refractivity (Wildman–Crippen MR) is 108 cm³/mol. The molecule has 2 aromatic carbocycles. The smallest absolute Gasteiger partial charge is 0.247 e. The van der Waals surface area contributed by atoms with Crippen molar-refractivity contribution in [2.45, 2.75) is 19.2 Å². The Morgan fingerprint density at radius 2 is 1.96 bits per heavy atom. The van der Waals surface area contributed by atoms with Crippen LogP contribution in [0.15, 0.2) is 63.8 Å². The minimum absolute atomic E-state index is 0. The largest absolute Gasteiger partial charge is 0.321 e. The molecule has 8 heteroatoms. The van der Waals surface area contributed by atoms with Crippen LogP contribution in [0.3, 0.4) is 0 Å². The lowest BCUT2D eigenvalue weighted by Crippen LogP contribution is -1.95. The molecule has 0 aliphatic rings. The van der Waals surface area contributed by atoms with E-state index in [1.165, 1.54) is 0 Å². The third-order valence-corrected chi connectivity index (χ3v) is 4.28. The average molecular weight is 385 g/mol. The van der Waals surface area contributed by atoms with E-state index in [4.69, 9.17) is 11.6 Å².